The molecule has 12 heteroatoms. The van der Waals surface area contributed by atoms with Gasteiger partial charge in [0.1, 0.15) is 10.6 Å². The zero-order valence-electron chi connectivity index (χ0n) is 17.8. The van der Waals surface area contributed by atoms with Crippen molar-refractivity contribution >= 4 is 28.1 Å². The van der Waals surface area contributed by atoms with Crippen LogP contribution in [0.25, 0.3) is 0 Å². The van der Waals surface area contributed by atoms with E-state index in [1.807, 2.05) is 0 Å². The average molecular weight is 506 g/mol. The molecule has 1 N–H and O–H groups in total. The first-order chi connectivity index (χ1) is 16.6. The summed E-state index contributed by atoms with van der Waals surface area (Å²) < 4.78 is 78.8. The number of alkyl halides is 3. The lowest BCUT2D eigenvalue weighted by Crippen LogP contribution is -2.23. The van der Waals surface area contributed by atoms with Crippen LogP contribution in [0.15, 0.2) is 76.6 Å². The molecule has 35 heavy (non-hydrogen) atoms. The van der Waals surface area contributed by atoms with Crippen LogP contribution in [0.4, 0.5) is 18.9 Å². The molecule has 0 radical (unpaired) electrons. The summed E-state index contributed by atoms with van der Waals surface area (Å²) >= 11 is 0. The van der Waals surface area contributed by atoms with Crippen LogP contribution in [0, 0.1) is 0 Å². The van der Waals surface area contributed by atoms with Crippen molar-refractivity contribution in [3.63, 3.8) is 0 Å². The molecule has 0 fully saturated rings. The maximum absolute atomic E-state index is 12.7. The second-order valence-electron chi connectivity index (χ2n) is 7.22. The molecule has 1 aliphatic rings. The molecular weight excluding hydrogens is 489 g/mol. The molecule has 0 unspecified atom stereocenters. The fraction of sp³-hybridized carbons (Fsp3) is 0.130. The van der Waals surface area contributed by atoms with E-state index in [4.69, 9.17) is 13.7 Å². The number of para-hydroxylation sites is 2. The Morgan fingerprint density at radius 3 is 2.49 bits per heavy atom. The highest BCUT2D eigenvalue weighted by molar-refractivity contribution is 7.87. The minimum absolute atomic E-state index is 0.0309. The van der Waals surface area contributed by atoms with Gasteiger partial charge in [0.2, 0.25) is 12.7 Å². The topological polar surface area (TPSA) is 103 Å². The Labute approximate surface area is 198 Å². The van der Waals surface area contributed by atoms with Crippen LogP contribution in [-0.2, 0) is 27.5 Å². The number of aliphatic imine (C=N–C) groups is 1. The van der Waals surface area contributed by atoms with E-state index >= 15 is 0 Å². The van der Waals surface area contributed by atoms with Crippen molar-refractivity contribution in [1.82, 2.24) is 5.32 Å². The first-order valence-corrected chi connectivity index (χ1v) is 11.4. The number of amides is 1. The number of nitrogens with one attached hydrogen (secondary N) is 1. The zero-order chi connectivity index (χ0) is 25.1. The minimum Gasteiger partial charge on any atom is -0.454 e. The standard InChI is InChI=1S/C23H17F3N2O6S/c24-23(25,26)16-6-8-17(9-7-16)35(30,31)34-19-4-2-1-3-18(19)27-13-28-22(29)12-15-5-10-20-21(11-15)33-14-32-20/h1-11,13H,12,14H2,(H,27,28,29). The van der Waals surface area contributed by atoms with E-state index in [0.29, 0.717) is 29.2 Å². The Kier molecular flexibility index (Phi) is 6.65. The summed E-state index contributed by atoms with van der Waals surface area (Å²) in [5, 5.41) is 2.48. The number of ether oxygens (including phenoxy) is 2. The van der Waals surface area contributed by atoms with Crippen molar-refractivity contribution in [2.45, 2.75) is 17.5 Å². The fourth-order valence-corrected chi connectivity index (χ4v) is 4.02. The van der Waals surface area contributed by atoms with Crippen LogP contribution in [0.5, 0.6) is 17.2 Å². The van der Waals surface area contributed by atoms with E-state index in [1.54, 1.807) is 24.3 Å². The summed E-state index contributed by atoms with van der Waals surface area (Å²) in [6, 6.07) is 13.8. The number of carbonyl (C=O) groups excluding carboxylic acids is 1. The molecular formula is C23H17F3N2O6S. The third-order valence-corrected chi connectivity index (χ3v) is 6.01. The Hall–Kier alpha value is -4.06. The number of hydrogen-bond donors (Lipinski definition) is 1. The van der Waals surface area contributed by atoms with Gasteiger partial charge in [-0.1, -0.05) is 18.2 Å². The largest absolute Gasteiger partial charge is 0.454 e. The molecule has 0 aromatic heterocycles. The van der Waals surface area contributed by atoms with Gasteiger partial charge >= 0.3 is 16.3 Å². The third kappa shape index (κ3) is 5.90. The van der Waals surface area contributed by atoms with Crippen LogP contribution >= 0.6 is 0 Å². The summed E-state index contributed by atoms with van der Waals surface area (Å²) in [6.07, 6.45) is -3.48. The fourth-order valence-electron chi connectivity index (χ4n) is 3.07. The van der Waals surface area contributed by atoms with Gasteiger partial charge in [0.25, 0.3) is 0 Å². The number of fused-ring (bicyclic) bond motifs is 1. The quantitative estimate of drug-likeness (QED) is 0.292. The highest BCUT2D eigenvalue weighted by Gasteiger charge is 2.31. The van der Waals surface area contributed by atoms with Gasteiger partial charge in [-0.05, 0) is 54.1 Å². The molecule has 1 amide bonds. The van der Waals surface area contributed by atoms with E-state index in [1.165, 1.54) is 18.2 Å². The van der Waals surface area contributed by atoms with Crippen LogP contribution in [-0.4, -0.2) is 27.5 Å². The summed E-state index contributed by atoms with van der Waals surface area (Å²) in [5.74, 6) is 0.583. The van der Waals surface area contributed by atoms with Gasteiger partial charge in [0, 0.05) is 0 Å². The average Bonchev–Trinajstić information content (AvgIpc) is 3.27. The van der Waals surface area contributed by atoms with Crippen molar-refractivity contribution in [3.8, 4) is 17.2 Å². The number of hydrogen-bond acceptors (Lipinski definition) is 7. The van der Waals surface area contributed by atoms with Gasteiger partial charge in [-0.2, -0.15) is 21.6 Å². The predicted molar refractivity (Wildman–Crippen MR) is 118 cm³/mol. The second kappa shape index (κ2) is 9.66. The molecule has 1 aliphatic heterocycles. The molecule has 3 aromatic carbocycles. The highest BCUT2D eigenvalue weighted by atomic mass is 32.2. The molecule has 0 atom stereocenters. The van der Waals surface area contributed by atoms with Crippen molar-refractivity contribution < 1.29 is 40.0 Å². The van der Waals surface area contributed by atoms with Crippen LogP contribution in [0.1, 0.15) is 11.1 Å². The van der Waals surface area contributed by atoms with Crippen LogP contribution in [0.3, 0.4) is 0 Å². The monoisotopic (exact) mass is 506 g/mol. The molecule has 8 nitrogen and oxygen atoms in total. The molecule has 0 saturated carbocycles. The molecule has 0 saturated heterocycles. The van der Waals surface area contributed by atoms with E-state index in [2.05, 4.69) is 10.3 Å². The first kappa shape index (κ1) is 24.1. The summed E-state index contributed by atoms with van der Waals surface area (Å²) in [4.78, 5) is 15.8. The Balaban J connectivity index is 1.41. The second-order valence-corrected chi connectivity index (χ2v) is 8.76. The number of benzene rings is 3. The van der Waals surface area contributed by atoms with Crippen molar-refractivity contribution in [3.05, 3.63) is 77.9 Å². The SMILES string of the molecule is O=C(Cc1ccc2c(c1)OCO2)NC=Nc1ccccc1OS(=O)(=O)c1ccc(C(F)(F)F)cc1. The minimum atomic E-state index is -4.60. The molecule has 3 aromatic rings. The smallest absolute Gasteiger partial charge is 0.416 e. The lowest BCUT2D eigenvalue weighted by molar-refractivity contribution is -0.137. The zero-order valence-corrected chi connectivity index (χ0v) is 18.6. The molecule has 182 valence electrons. The predicted octanol–water partition coefficient (Wildman–Crippen LogP) is 4.22. The van der Waals surface area contributed by atoms with Crippen LogP contribution < -0.4 is 19.0 Å². The summed E-state index contributed by atoms with van der Waals surface area (Å²) in [7, 11) is -4.44. The first-order valence-electron chi connectivity index (χ1n) is 10.0. The highest BCUT2D eigenvalue weighted by Crippen LogP contribution is 2.33. The van der Waals surface area contributed by atoms with Gasteiger partial charge in [-0.25, -0.2) is 4.99 Å². The maximum atomic E-state index is 12.7. The molecule has 4 rings (SSSR count). The molecule has 0 spiro atoms. The van der Waals surface area contributed by atoms with Crippen molar-refractivity contribution in [2.24, 2.45) is 4.99 Å². The maximum Gasteiger partial charge on any atom is 0.416 e. The van der Waals surface area contributed by atoms with E-state index in [9.17, 15) is 26.4 Å². The van der Waals surface area contributed by atoms with E-state index in [-0.39, 0.29) is 30.6 Å². The molecule has 1 heterocycles. The normalized spacial score (nSPS) is 13.1. The molecule has 0 bridgehead atoms. The number of rotatable bonds is 7. The summed E-state index contributed by atoms with van der Waals surface area (Å²) in [5.41, 5.74) is -0.226. The van der Waals surface area contributed by atoms with E-state index < -0.39 is 26.8 Å². The Morgan fingerprint density at radius 2 is 1.74 bits per heavy atom. The number of nitrogens with zero attached hydrogens (tertiary/aromatic N) is 1. The Morgan fingerprint density at radius 1 is 1.03 bits per heavy atom. The molecule has 0 aliphatic carbocycles. The van der Waals surface area contributed by atoms with Gasteiger partial charge in [0.15, 0.2) is 17.2 Å². The third-order valence-electron chi connectivity index (χ3n) is 4.77. The lowest BCUT2D eigenvalue weighted by atomic mass is 10.1. The van der Waals surface area contributed by atoms with Gasteiger partial charge in [-0.3, -0.25) is 4.79 Å². The number of halogens is 3. The van der Waals surface area contributed by atoms with Crippen molar-refractivity contribution in [2.75, 3.05) is 6.79 Å². The summed E-state index contributed by atoms with van der Waals surface area (Å²) in [6.45, 7) is 0.119. The van der Waals surface area contributed by atoms with Gasteiger partial charge in [0.05, 0.1) is 18.3 Å². The van der Waals surface area contributed by atoms with Crippen LogP contribution in [0.2, 0.25) is 0 Å². The lowest BCUT2D eigenvalue weighted by Gasteiger charge is -2.10. The Bertz CT molecular complexity index is 1370. The van der Waals surface area contributed by atoms with Gasteiger partial charge < -0.3 is 19.0 Å². The van der Waals surface area contributed by atoms with Gasteiger partial charge in [-0.15, -0.1) is 0 Å². The van der Waals surface area contributed by atoms with Crippen molar-refractivity contribution in [1.29, 1.82) is 0 Å². The van der Waals surface area contributed by atoms with E-state index in [0.717, 1.165) is 18.5 Å². The number of carbonyl (C=O) groups is 1.